The molecule has 31 heavy (non-hydrogen) atoms. The standard InChI is InChI=1S/C24H25N5O2/c30-17-7-9-18(10-8-17)31-21-3-1-2-15-13-25-24(29-22(15)21)26-16-6-11-19-20(12-16)28-23(27-19)14-4-5-14/h1-3,6,11-14,17-18,30H,4-5,7-10H2,(H,27,28)(H,25,26,29)/t17-,18+. The molecular formula is C24H25N5O2. The molecule has 0 aliphatic heterocycles. The Morgan fingerprint density at radius 2 is 1.87 bits per heavy atom. The van der Waals surface area contributed by atoms with Crippen molar-refractivity contribution in [2.45, 2.75) is 56.7 Å². The van der Waals surface area contributed by atoms with E-state index in [4.69, 9.17) is 9.72 Å². The number of nitrogens with zero attached hydrogens (tertiary/aromatic N) is 3. The number of hydrogen-bond acceptors (Lipinski definition) is 6. The van der Waals surface area contributed by atoms with Gasteiger partial charge in [-0.3, -0.25) is 0 Å². The maximum Gasteiger partial charge on any atom is 0.227 e. The SMILES string of the molecule is O[C@H]1CC[C@@H](Oc2cccc3cnc(Nc4ccc5nc(C6CC6)[nH]c5c4)nc23)CC1. The molecule has 2 aromatic heterocycles. The Morgan fingerprint density at radius 3 is 2.71 bits per heavy atom. The van der Waals surface area contributed by atoms with E-state index in [0.29, 0.717) is 11.9 Å². The van der Waals surface area contributed by atoms with Gasteiger partial charge in [0.2, 0.25) is 5.95 Å². The lowest BCUT2D eigenvalue weighted by Crippen LogP contribution is -2.26. The normalized spacial score (nSPS) is 21.5. The number of aromatic amines is 1. The molecule has 7 nitrogen and oxygen atoms in total. The van der Waals surface area contributed by atoms with Gasteiger partial charge in [-0.2, -0.15) is 0 Å². The Morgan fingerprint density at radius 1 is 1.00 bits per heavy atom. The van der Waals surface area contributed by atoms with Crippen LogP contribution in [0.1, 0.15) is 50.3 Å². The molecule has 6 rings (SSSR count). The smallest absolute Gasteiger partial charge is 0.227 e. The molecule has 0 bridgehead atoms. The van der Waals surface area contributed by atoms with Crippen LogP contribution in [0.5, 0.6) is 5.75 Å². The van der Waals surface area contributed by atoms with E-state index in [2.05, 4.69) is 26.3 Å². The summed E-state index contributed by atoms with van der Waals surface area (Å²) in [6.07, 6.45) is 7.49. The number of fused-ring (bicyclic) bond motifs is 2. The first-order valence-corrected chi connectivity index (χ1v) is 11.1. The van der Waals surface area contributed by atoms with Crippen molar-refractivity contribution in [2.75, 3.05) is 5.32 Å². The van der Waals surface area contributed by atoms with Crippen molar-refractivity contribution < 1.29 is 9.84 Å². The summed E-state index contributed by atoms with van der Waals surface area (Å²) in [5, 5.41) is 14.0. The van der Waals surface area contributed by atoms with E-state index in [-0.39, 0.29) is 12.2 Å². The second-order valence-electron chi connectivity index (χ2n) is 8.69. The summed E-state index contributed by atoms with van der Waals surface area (Å²) in [5.41, 5.74) is 3.72. The van der Waals surface area contributed by atoms with Gasteiger partial charge in [0, 0.05) is 23.2 Å². The number of aliphatic hydroxyl groups excluding tert-OH is 1. The minimum absolute atomic E-state index is 0.115. The summed E-state index contributed by atoms with van der Waals surface area (Å²) in [6, 6.07) is 12.0. The first kappa shape index (κ1) is 18.6. The highest BCUT2D eigenvalue weighted by molar-refractivity contribution is 5.85. The molecule has 7 heteroatoms. The van der Waals surface area contributed by atoms with Crippen molar-refractivity contribution >= 4 is 33.6 Å². The lowest BCUT2D eigenvalue weighted by Gasteiger charge is -2.26. The molecular weight excluding hydrogens is 390 g/mol. The van der Waals surface area contributed by atoms with Gasteiger partial charge in [0.1, 0.15) is 17.1 Å². The molecule has 3 N–H and O–H groups in total. The lowest BCUT2D eigenvalue weighted by atomic mass is 9.95. The molecule has 0 atom stereocenters. The number of para-hydroxylation sites is 1. The summed E-state index contributed by atoms with van der Waals surface area (Å²) >= 11 is 0. The maximum atomic E-state index is 9.75. The van der Waals surface area contributed by atoms with E-state index in [0.717, 1.165) is 64.9 Å². The predicted molar refractivity (Wildman–Crippen MR) is 120 cm³/mol. The van der Waals surface area contributed by atoms with Gasteiger partial charge in [-0.05, 0) is 62.8 Å². The monoisotopic (exact) mass is 415 g/mol. The highest BCUT2D eigenvalue weighted by Crippen LogP contribution is 2.39. The second-order valence-corrected chi connectivity index (χ2v) is 8.69. The summed E-state index contributed by atoms with van der Waals surface area (Å²) in [6.45, 7) is 0. The second kappa shape index (κ2) is 7.50. The summed E-state index contributed by atoms with van der Waals surface area (Å²) < 4.78 is 6.27. The number of benzene rings is 2. The van der Waals surface area contributed by atoms with Gasteiger partial charge in [0.15, 0.2) is 0 Å². The Hall–Kier alpha value is -3.19. The number of hydrogen-bond donors (Lipinski definition) is 3. The third-order valence-corrected chi connectivity index (χ3v) is 6.23. The van der Waals surface area contributed by atoms with Crippen molar-refractivity contribution in [3.63, 3.8) is 0 Å². The van der Waals surface area contributed by atoms with Crippen LogP contribution < -0.4 is 10.1 Å². The third kappa shape index (κ3) is 3.81. The molecule has 2 aromatic carbocycles. The zero-order valence-electron chi connectivity index (χ0n) is 17.2. The topological polar surface area (TPSA) is 96.0 Å². The van der Waals surface area contributed by atoms with Crippen LogP contribution in [0.2, 0.25) is 0 Å². The molecule has 2 saturated carbocycles. The number of anilines is 2. The quantitative estimate of drug-likeness (QED) is 0.433. The van der Waals surface area contributed by atoms with Gasteiger partial charge in [0.25, 0.3) is 0 Å². The number of H-pyrrole nitrogens is 1. The van der Waals surface area contributed by atoms with Crippen LogP contribution in [0.25, 0.3) is 21.9 Å². The Balaban J connectivity index is 1.26. The molecule has 2 heterocycles. The zero-order valence-corrected chi connectivity index (χ0v) is 17.2. The predicted octanol–water partition coefficient (Wildman–Crippen LogP) is 4.81. The van der Waals surface area contributed by atoms with Gasteiger partial charge in [-0.15, -0.1) is 0 Å². The summed E-state index contributed by atoms with van der Waals surface area (Å²) in [7, 11) is 0. The van der Waals surface area contributed by atoms with Gasteiger partial charge >= 0.3 is 0 Å². The van der Waals surface area contributed by atoms with E-state index >= 15 is 0 Å². The summed E-state index contributed by atoms with van der Waals surface area (Å²) in [4.78, 5) is 17.4. The zero-order chi connectivity index (χ0) is 20.8. The largest absolute Gasteiger partial charge is 0.488 e. The third-order valence-electron chi connectivity index (χ3n) is 6.23. The van der Waals surface area contributed by atoms with E-state index in [1.807, 2.05) is 36.5 Å². The van der Waals surface area contributed by atoms with Crippen molar-refractivity contribution in [3.8, 4) is 5.75 Å². The molecule has 0 saturated heterocycles. The van der Waals surface area contributed by atoms with E-state index < -0.39 is 0 Å². The van der Waals surface area contributed by atoms with E-state index in [1.54, 1.807) is 0 Å². The van der Waals surface area contributed by atoms with Crippen molar-refractivity contribution in [3.05, 3.63) is 48.4 Å². The van der Waals surface area contributed by atoms with Crippen LogP contribution in [0.3, 0.4) is 0 Å². The number of nitrogens with one attached hydrogen (secondary N) is 2. The van der Waals surface area contributed by atoms with Gasteiger partial charge in [-0.1, -0.05) is 12.1 Å². The lowest BCUT2D eigenvalue weighted by molar-refractivity contribution is 0.0672. The fraction of sp³-hybridized carbons (Fsp3) is 0.375. The van der Waals surface area contributed by atoms with Crippen molar-refractivity contribution in [2.24, 2.45) is 0 Å². The van der Waals surface area contributed by atoms with Gasteiger partial charge in [0.05, 0.1) is 23.2 Å². The Labute approximate surface area is 179 Å². The first-order valence-electron chi connectivity index (χ1n) is 11.1. The van der Waals surface area contributed by atoms with Crippen molar-refractivity contribution in [1.29, 1.82) is 0 Å². The van der Waals surface area contributed by atoms with Gasteiger partial charge < -0.3 is 20.1 Å². The minimum atomic E-state index is -0.196. The number of aliphatic hydroxyl groups is 1. The molecule has 2 aliphatic rings. The highest BCUT2D eigenvalue weighted by atomic mass is 16.5. The number of imidazole rings is 1. The molecule has 158 valence electrons. The minimum Gasteiger partial charge on any atom is -0.488 e. The van der Waals surface area contributed by atoms with Crippen LogP contribution >= 0.6 is 0 Å². The van der Waals surface area contributed by atoms with Crippen molar-refractivity contribution in [1.82, 2.24) is 19.9 Å². The number of aromatic nitrogens is 4. The molecule has 4 aromatic rings. The van der Waals surface area contributed by atoms with Crippen LogP contribution in [0, 0.1) is 0 Å². The fourth-order valence-corrected chi connectivity index (χ4v) is 4.31. The molecule has 0 unspecified atom stereocenters. The van der Waals surface area contributed by atoms with Crippen LogP contribution in [0.15, 0.2) is 42.6 Å². The Bertz CT molecular complexity index is 1240. The number of ether oxygens (including phenoxy) is 1. The average molecular weight is 415 g/mol. The highest BCUT2D eigenvalue weighted by Gasteiger charge is 2.26. The number of rotatable bonds is 5. The molecule has 2 aliphatic carbocycles. The fourth-order valence-electron chi connectivity index (χ4n) is 4.31. The van der Waals surface area contributed by atoms with Gasteiger partial charge in [-0.25, -0.2) is 15.0 Å². The van der Waals surface area contributed by atoms with Crippen LogP contribution in [0.4, 0.5) is 11.6 Å². The molecule has 0 radical (unpaired) electrons. The maximum absolute atomic E-state index is 9.75. The summed E-state index contributed by atoms with van der Waals surface area (Å²) in [5.74, 6) is 2.98. The molecule has 0 amide bonds. The molecule has 0 spiro atoms. The van der Waals surface area contributed by atoms with E-state index in [9.17, 15) is 5.11 Å². The van der Waals surface area contributed by atoms with E-state index in [1.165, 1.54) is 12.8 Å². The Kier molecular flexibility index (Phi) is 4.49. The average Bonchev–Trinajstić information content (AvgIpc) is 3.55. The first-order chi connectivity index (χ1) is 15.2. The van der Waals surface area contributed by atoms with Crippen LogP contribution in [-0.4, -0.2) is 37.3 Å². The molecule has 2 fully saturated rings. The van der Waals surface area contributed by atoms with Crippen LogP contribution in [-0.2, 0) is 0 Å².